The number of nitrogens with zero attached hydrogens (tertiary/aromatic N) is 2. The first-order valence-corrected chi connectivity index (χ1v) is 11.8. The molecule has 0 bridgehead atoms. The second-order valence-corrected chi connectivity index (χ2v) is 9.17. The van der Waals surface area contributed by atoms with Crippen LogP contribution in [-0.2, 0) is 16.0 Å². The summed E-state index contributed by atoms with van der Waals surface area (Å²) in [6.45, 7) is 5.60. The molecule has 1 saturated heterocycles. The number of Topliss-reactive ketones (excluding diaryl/α,β-unsaturated/α-hetero) is 1. The van der Waals surface area contributed by atoms with Crippen LogP contribution in [0, 0.1) is 0 Å². The molecular formula is C27H32N2O5. The molecule has 1 N–H and O–H groups in total. The van der Waals surface area contributed by atoms with Crippen molar-refractivity contribution >= 4 is 17.4 Å². The van der Waals surface area contributed by atoms with E-state index in [9.17, 15) is 14.7 Å². The molecule has 0 aromatic heterocycles. The van der Waals surface area contributed by atoms with Gasteiger partial charge >= 0.3 is 0 Å². The Hall–Kier alpha value is -3.32. The Morgan fingerprint density at radius 3 is 2.59 bits per heavy atom. The lowest BCUT2D eigenvalue weighted by Crippen LogP contribution is -2.35. The molecule has 2 aliphatic rings. The van der Waals surface area contributed by atoms with Crippen molar-refractivity contribution in [2.45, 2.75) is 38.8 Å². The molecule has 1 fully saturated rings. The highest BCUT2D eigenvalue weighted by molar-refractivity contribution is 6.46. The average Bonchev–Trinajstić information content (AvgIpc) is 3.31. The fourth-order valence-corrected chi connectivity index (χ4v) is 4.46. The number of ether oxygens (including phenoxy) is 2. The number of carbonyl (C=O) groups excluding carboxylic acids is 2. The van der Waals surface area contributed by atoms with E-state index in [0.29, 0.717) is 25.3 Å². The maximum Gasteiger partial charge on any atom is 0.295 e. The lowest BCUT2D eigenvalue weighted by atomic mass is 9.94. The van der Waals surface area contributed by atoms with Crippen LogP contribution in [0.4, 0.5) is 0 Å². The highest BCUT2D eigenvalue weighted by Gasteiger charge is 2.46. The van der Waals surface area contributed by atoms with E-state index in [-0.39, 0.29) is 17.4 Å². The first-order chi connectivity index (χ1) is 16.3. The molecule has 2 atom stereocenters. The van der Waals surface area contributed by atoms with Gasteiger partial charge in [-0.25, -0.2) is 0 Å². The van der Waals surface area contributed by atoms with Crippen LogP contribution in [0.25, 0.3) is 5.76 Å². The average molecular weight is 465 g/mol. The second kappa shape index (κ2) is 9.89. The Kier molecular flexibility index (Phi) is 6.93. The van der Waals surface area contributed by atoms with Gasteiger partial charge in [-0.05, 0) is 68.9 Å². The number of aliphatic hydroxyl groups excluding tert-OH is 1. The molecule has 2 heterocycles. The zero-order valence-electron chi connectivity index (χ0n) is 20.2. The van der Waals surface area contributed by atoms with Crippen molar-refractivity contribution in [2.75, 3.05) is 33.8 Å². The number of hydrogen-bond donors (Lipinski definition) is 1. The minimum absolute atomic E-state index is 0.0671. The number of benzene rings is 2. The summed E-state index contributed by atoms with van der Waals surface area (Å²) in [6, 6.07) is 12.1. The van der Waals surface area contributed by atoms with Crippen molar-refractivity contribution in [2.24, 2.45) is 0 Å². The van der Waals surface area contributed by atoms with E-state index >= 15 is 0 Å². The van der Waals surface area contributed by atoms with Gasteiger partial charge in [-0.15, -0.1) is 0 Å². The van der Waals surface area contributed by atoms with Crippen LogP contribution < -0.4 is 9.47 Å². The molecule has 180 valence electrons. The first-order valence-electron chi connectivity index (χ1n) is 11.8. The van der Waals surface area contributed by atoms with E-state index < -0.39 is 17.7 Å². The van der Waals surface area contributed by atoms with Crippen molar-refractivity contribution in [1.29, 1.82) is 0 Å². The zero-order valence-corrected chi connectivity index (χ0v) is 20.2. The van der Waals surface area contributed by atoms with Crippen LogP contribution in [0.5, 0.6) is 11.5 Å². The number of carbonyl (C=O) groups is 2. The number of amides is 1. The van der Waals surface area contributed by atoms with Gasteiger partial charge in [0.1, 0.15) is 23.4 Å². The fourth-order valence-electron chi connectivity index (χ4n) is 4.46. The highest BCUT2D eigenvalue weighted by Crippen LogP contribution is 2.40. The molecule has 0 saturated carbocycles. The Morgan fingerprint density at radius 2 is 1.91 bits per heavy atom. The van der Waals surface area contributed by atoms with Gasteiger partial charge in [0.2, 0.25) is 0 Å². The summed E-state index contributed by atoms with van der Waals surface area (Å²) in [5.41, 5.74) is 2.35. The maximum atomic E-state index is 13.2. The number of rotatable bonds is 8. The minimum atomic E-state index is -0.677. The molecule has 0 radical (unpaired) electrons. The lowest BCUT2D eigenvalue weighted by Gasteiger charge is -2.26. The van der Waals surface area contributed by atoms with Crippen molar-refractivity contribution < 1.29 is 24.2 Å². The summed E-state index contributed by atoms with van der Waals surface area (Å²) in [4.78, 5) is 29.7. The molecule has 1 amide bonds. The van der Waals surface area contributed by atoms with Crippen molar-refractivity contribution in [1.82, 2.24) is 9.80 Å². The number of fused-ring (bicyclic) bond motifs is 1. The predicted octanol–water partition coefficient (Wildman–Crippen LogP) is 3.78. The van der Waals surface area contributed by atoms with E-state index in [0.717, 1.165) is 35.5 Å². The monoisotopic (exact) mass is 464 g/mol. The first kappa shape index (κ1) is 23.8. The number of aliphatic hydroxyl groups is 1. The van der Waals surface area contributed by atoms with E-state index in [4.69, 9.17) is 9.47 Å². The molecule has 0 spiro atoms. The van der Waals surface area contributed by atoms with E-state index in [1.807, 2.05) is 69.2 Å². The lowest BCUT2D eigenvalue weighted by molar-refractivity contribution is -0.140. The number of hydrogen-bond acceptors (Lipinski definition) is 6. The number of likely N-dealkylation sites (tertiary alicyclic amines) is 1. The normalized spacial score (nSPS) is 21.1. The largest absolute Gasteiger partial charge is 0.507 e. The molecule has 2 unspecified atom stereocenters. The Bertz CT molecular complexity index is 1110. The van der Waals surface area contributed by atoms with Gasteiger partial charge in [0.05, 0.1) is 18.2 Å². The molecule has 4 rings (SSSR count). The second-order valence-electron chi connectivity index (χ2n) is 9.17. The molecule has 2 aromatic rings. The van der Waals surface area contributed by atoms with Crippen LogP contribution in [0.2, 0.25) is 0 Å². The third kappa shape index (κ3) is 4.66. The topological polar surface area (TPSA) is 79.3 Å². The van der Waals surface area contributed by atoms with Crippen molar-refractivity contribution in [3.05, 3.63) is 64.7 Å². The Balaban J connectivity index is 1.76. The standard InChI is InChI=1S/C27H32N2O5/c1-5-14-33-21-9-6-18(7-10-21)24-23(26(31)27(32)29(24)13-12-28(3)4)25(30)19-8-11-22-20(16-19)15-17(2)34-22/h6-11,16-17,24,30H,5,12-15H2,1-4H3/b25-23-. The molecule has 2 aliphatic heterocycles. The van der Waals surface area contributed by atoms with Crippen LogP contribution in [0.15, 0.2) is 48.0 Å². The predicted molar refractivity (Wildman–Crippen MR) is 130 cm³/mol. The summed E-state index contributed by atoms with van der Waals surface area (Å²) >= 11 is 0. The van der Waals surface area contributed by atoms with E-state index in [2.05, 4.69) is 0 Å². The zero-order chi connectivity index (χ0) is 24.4. The summed E-state index contributed by atoms with van der Waals surface area (Å²) in [5.74, 6) is 0.0816. The minimum Gasteiger partial charge on any atom is -0.507 e. The Morgan fingerprint density at radius 1 is 1.18 bits per heavy atom. The maximum absolute atomic E-state index is 13.2. The van der Waals surface area contributed by atoms with Crippen molar-refractivity contribution in [3.63, 3.8) is 0 Å². The van der Waals surface area contributed by atoms with Gasteiger partial charge < -0.3 is 24.4 Å². The third-order valence-electron chi connectivity index (χ3n) is 6.17. The van der Waals surface area contributed by atoms with Gasteiger partial charge in [0.25, 0.3) is 11.7 Å². The molecule has 34 heavy (non-hydrogen) atoms. The summed E-state index contributed by atoms with van der Waals surface area (Å²) < 4.78 is 11.5. The van der Waals surface area contributed by atoms with Crippen LogP contribution >= 0.6 is 0 Å². The van der Waals surface area contributed by atoms with Gasteiger partial charge in [0.15, 0.2) is 0 Å². The summed E-state index contributed by atoms with van der Waals surface area (Å²) in [5, 5.41) is 11.3. The smallest absolute Gasteiger partial charge is 0.295 e. The van der Waals surface area contributed by atoms with Crippen LogP contribution in [0.3, 0.4) is 0 Å². The third-order valence-corrected chi connectivity index (χ3v) is 6.17. The van der Waals surface area contributed by atoms with Gasteiger partial charge in [-0.1, -0.05) is 19.1 Å². The summed E-state index contributed by atoms with van der Waals surface area (Å²) in [6.07, 6.45) is 1.70. The SMILES string of the molecule is CCCOc1ccc(C2/C(=C(/O)c3ccc4c(c3)CC(C)O4)C(=O)C(=O)N2CCN(C)C)cc1. The quantitative estimate of drug-likeness (QED) is 0.364. The number of likely N-dealkylation sites (N-methyl/N-ethyl adjacent to an activating group) is 1. The van der Waals surface area contributed by atoms with Crippen LogP contribution in [0.1, 0.15) is 43.0 Å². The molecule has 0 aliphatic carbocycles. The molecular weight excluding hydrogens is 432 g/mol. The fraction of sp³-hybridized carbons (Fsp3) is 0.407. The molecule has 2 aromatic carbocycles. The number of ketones is 1. The Labute approximate surface area is 200 Å². The van der Waals surface area contributed by atoms with Crippen LogP contribution in [-0.4, -0.2) is 66.5 Å². The van der Waals surface area contributed by atoms with E-state index in [1.54, 1.807) is 11.0 Å². The van der Waals surface area contributed by atoms with Gasteiger partial charge in [-0.2, -0.15) is 0 Å². The summed E-state index contributed by atoms with van der Waals surface area (Å²) in [7, 11) is 3.83. The van der Waals surface area contributed by atoms with Gasteiger partial charge in [0, 0.05) is 25.1 Å². The van der Waals surface area contributed by atoms with Gasteiger partial charge in [-0.3, -0.25) is 9.59 Å². The van der Waals surface area contributed by atoms with Crippen molar-refractivity contribution in [3.8, 4) is 11.5 Å². The molecule has 7 heteroatoms. The van der Waals surface area contributed by atoms with E-state index in [1.165, 1.54) is 0 Å². The highest BCUT2D eigenvalue weighted by atomic mass is 16.5. The molecule has 7 nitrogen and oxygen atoms in total.